The minimum atomic E-state index is -0.631. The van der Waals surface area contributed by atoms with Crippen LogP contribution in [0.4, 0.5) is 5.13 Å². The van der Waals surface area contributed by atoms with E-state index >= 15 is 0 Å². The van der Waals surface area contributed by atoms with Crippen LogP contribution in [0, 0.1) is 0 Å². The number of para-hydroxylation sites is 1. The first-order valence-corrected chi connectivity index (χ1v) is 9.30. The summed E-state index contributed by atoms with van der Waals surface area (Å²) in [5.41, 5.74) is 6.61. The molecule has 0 fully saturated rings. The third-order valence-corrected chi connectivity index (χ3v) is 4.75. The molecule has 27 heavy (non-hydrogen) atoms. The maximum absolute atomic E-state index is 12.6. The van der Waals surface area contributed by atoms with Crippen LogP contribution < -0.4 is 15.8 Å². The molecule has 0 aliphatic carbocycles. The summed E-state index contributed by atoms with van der Waals surface area (Å²) in [6, 6.07) is 11.6. The number of benzene rings is 2. The number of aromatic nitrogens is 1. The summed E-state index contributed by atoms with van der Waals surface area (Å²) < 4.78 is 5.28. The van der Waals surface area contributed by atoms with Crippen molar-refractivity contribution >= 4 is 51.5 Å². The lowest BCUT2D eigenvalue weighted by Crippen LogP contribution is -2.21. The predicted octanol–water partition coefficient (Wildman–Crippen LogP) is 4.23. The van der Waals surface area contributed by atoms with Gasteiger partial charge < -0.3 is 10.5 Å². The van der Waals surface area contributed by atoms with Crippen LogP contribution >= 0.6 is 34.5 Å². The normalized spacial score (nSPS) is 10.4. The highest BCUT2D eigenvalue weighted by molar-refractivity contribution is 7.14. The molecule has 2 amide bonds. The van der Waals surface area contributed by atoms with Crippen LogP contribution in [0.1, 0.15) is 10.4 Å². The highest BCUT2D eigenvalue weighted by Gasteiger charge is 2.16. The lowest BCUT2D eigenvalue weighted by Gasteiger charge is -2.09. The van der Waals surface area contributed by atoms with Crippen molar-refractivity contribution in [2.75, 3.05) is 11.9 Å². The standard InChI is InChI=1S/C18H13Cl2N3O3S/c19-10-5-6-13(20)12(7-10)14-9-27-18(22-14)23-17(25)11-3-1-2-4-15(11)26-8-16(21)24/h1-7,9H,8H2,(H2,21,24)(H,22,23,25). The summed E-state index contributed by atoms with van der Waals surface area (Å²) in [5.74, 6) is -0.801. The largest absolute Gasteiger partial charge is 0.483 e. The molecule has 0 aliphatic rings. The molecule has 2 aromatic carbocycles. The van der Waals surface area contributed by atoms with Crippen molar-refractivity contribution < 1.29 is 14.3 Å². The number of thiazole rings is 1. The van der Waals surface area contributed by atoms with E-state index in [1.54, 1.807) is 47.8 Å². The van der Waals surface area contributed by atoms with Gasteiger partial charge in [0.2, 0.25) is 0 Å². The molecule has 3 rings (SSSR count). The molecule has 1 heterocycles. The van der Waals surface area contributed by atoms with E-state index in [4.69, 9.17) is 33.7 Å². The number of ether oxygens (including phenoxy) is 1. The Labute approximate surface area is 168 Å². The van der Waals surface area contributed by atoms with Crippen molar-refractivity contribution in [3.05, 3.63) is 63.5 Å². The van der Waals surface area contributed by atoms with Gasteiger partial charge in [0.05, 0.1) is 16.3 Å². The van der Waals surface area contributed by atoms with E-state index < -0.39 is 11.8 Å². The maximum atomic E-state index is 12.6. The first-order chi connectivity index (χ1) is 12.9. The molecule has 3 aromatic rings. The molecule has 138 valence electrons. The Morgan fingerprint density at radius 2 is 1.96 bits per heavy atom. The first-order valence-electron chi connectivity index (χ1n) is 7.66. The number of amides is 2. The van der Waals surface area contributed by atoms with Crippen LogP contribution in [0.5, 0.6) is 5.75 Å². The van der Waals surface area contributed by atoms with Gasteiger partial charge in [0, 0.05) is 16.0 Å². The molecule has 6 nitrogen and oxygen atoms in total. The SMILES string of the molecule is NC(=O)COc1ccccc1C(=O)Nc1nc(-c2cc(Cl)ccc2Cl)cs1. The number of anilines is 1. The average molecular weight is 422 g/mol. The number of carbonyl (C=O) groups is 2. The molecule has 0 saturated heterocycles. The molecule has 0 radical (unpaired) electrons. The van der Waals surface area contributed by atoms with Crippen LogP contribution in [-0.2, 0) is 4.79 Å². The number of halogens is 2. The molecule has 0 aliphatic heterocycles. The Kier molecular flexibility index (Phi) is 5.95. The summed E-state index contributed by atoms with van der Waals surface area (Å²) >= 11 is 13.4. The predicted molar refractivity (Wildman–Crippen MR) is 107 cm³/mol. The van der Waals surface area contributed by atoms with Crippen molar-refractivity contribution in [2.45, 2.75) is 0 Å². The number of primary amides is 1. The third kappa shape index (κ3) is 4.77. The molecule has 0 bridgehead atoms. The zero-order valence-corrected chi connectivity index (χ0v) is 16.1. The van der Waals surface area contributed by atoms with Crippen LogP contribution in [0.25, 0.3) is 11.3 Å². The Hall–Kier alpha value is -2.61. The van der Waals surface area contributed by atoms with E-state index in [-0.39, 0.29) is 17.9 Å². The van der Waals surface area contributed by atoms with Crippen LogP contribution in [-0.4, -0.2) is 23.4 Å². The molecule has 0 atom stereocenters. The van der Waals surface area contributed by atoms with Crippen molar-refractivity contribution in [2.24, 2.45) is 5.73 Å². The molecule has 3 N–H and O–H groups in total. The topological polar surface area (TPSA) is 94.3 Å². The number of nitrogens with zero attached hydrogens (tertiary/aromatic N) is 1. The van der Waals surface area contributed by atoms with Gasteiger partial charge in [0.1, 0.15) is 5.75 Å². The van der Waals surface area contributed by atoms with Crippen LogP contribution in [0.15, 0.2) is 47.8 Å². The maximum Gasteiger partial charge on any atom is 0.261 e. The second-order valence-electron chi connectivity index (χ2n) is 5.37. The van der Waals surface area contributed by atoms with Gasteiger partial charge in [0.15, 0.2) is 11.7 Å². The van der Waals surface area contributed by atoms with E-state index in [0.717, 1.165) is 0 Å². The monoisotopic (exact) mass is 421 g/mol. The second kappa shape index (κ2) is 8.39. The van der Waals surface area contributed by atoms with Gasteiger partial charge in [0.25, 0.3) is 11.8 Å². The van der Waals surface area contributed by atoms with Gasteiger partial charge in [-0.25, -0.2) is 4.98 Å². The molecule has 0 unspecified atom stereocenters. The summed E-state index contributed by atoms with van der Waals surface area (Å²) in [6.45, 7) is -0.320. The Morgan fingerprint density at radius 3 is 2.74 bits per heavy atom. The summed E-state index contributed by atoms with van der Waals surface area (Å²) in [7, 11) is 0. The van der Waals surface area contributed by atoms with Crippen LogP contribution in [0.2, 0.25) is 10.0 Å². The number of nitrogens with one attached hydrogen (secondary N) is 1. The number of rotatable bonds is 6. The Bertz CT molecular complexity index is 1010. The lowest BCUT2D eigenvalue weighted by molar-refractivity contribution is -0.119. The van der Waals surface area contributed by atoms with Crippen molar-refractivity contribution in [3.63, 3.8) is 0 Å². The summed E-state index contributed by atoms with van der Waals surface area (Å²) in [4.78, 5) is 27.8. The smallest absolute Gasteiger partial charge is 0.261 e. The number of hydrogen-bond acceptors (Lipinski definition) is 5. The Morgan fingerprint density at radius 1 is 1.19 bits per heavy atom. The zero-order chi connectivity index (χ0) is 19.4. The summed E-state index contributed by atoms with van der Waals surface area (Å²) in [5, 5.41) is 5.90. The molecule has 0 spiro atoms. The number of carbonyl (C=O) groups excluding carboxylic acids is 2. The van der Waals surface area contributed by atoms with E-state index in [2.05, 4.69) is 10.3 Å². The quantitative estimate of drug-likeness (QED) is 0.622. The molecule has 0 saturated carbocycles. The summed E-state index contributed by atoms with van der Waals surface area (Å²) in [6.07, 6.45) is 0. The van der Waals surface area contributed by atoms with Crippen molar-refractivity contribution in [1.82, 2.24) is 4.98 Å². The zero-order valence-electron chi connectivity index (χ0n) is 13.7. The van der Waals surface area contributed by atoms with E-state index in [9.17, 15) is 9.59 Å². The van der Waals surface area contributed by atoms with Gasteiger partial charge in [-0.15, -0.1) is 11.3 Å². The molecule has 1 aromatic heterocycles. The fraction of sp³-hybridized carbons (Fsp3) is 0.0556. The van der Waals surface area contributed by atoms with E-state index in [1.807, 2.05) is 0 Å². The fourth-order valence-electron chi connectivity index (χ4n) is 2.24. The van der Waals surface area contributed by atoms with Crippen molar-refractivity contribution in [3.8, 4) is 17.0 Å². The minimum Gasteiger partial charge on any atom is -0.483 e. The highest BCUT2D eigenvalue weighted by atomic mass is 35.5. The minimum absolute atomic E-state index is 0.253. The second-order valence-corrected chi connectivity index (χ2v) is 7.07. The van der Waals surface area contributed by atoms with Gasteiger partial charge in [-0.3, -0.25) is 14.9 Å². The highest BCUT2D eigenvalue weighted by Crippen LogP contribution is 2.33. The molecular weight excluding hydrogens is 409 g/mol. The third-order valence-electron chi connectivity index (χ3n) is 3.43. The number of nitrogens with two attached hydrogens (primary N) is 1. The van der Waals surface area contributed by atoms with E-state index in [0.29, 0.717) is 26.4 Å². The average Bonchev–Trinajstić information content (AvgIpc) is 3.10. The Balaban J connectivity index is 1.79. The van der Waals surface area contributed by atoms with E-state index in [1.165, 1.54) is 11.3 Å². The van der Waals surface area contributed by atoms with Gasteiger partial charge in [-0.2, -0.15) is 0 Å². The first kappa shape index (κ1) is 19.2. The fourth-order valence-corrected chi connectivity index (χ4v) is 3.33. The van der Waals surface area contributed by atoms with Crippen LogP contribution in [0.3, 0.4) is 0 Å². The van der Waals surface area contributed by atoms with Gasteiger partial charge in [-0.1, -0.05) is 35.3 Å². The lowest BCUT2D eigenvalue weighted by atomic mass is 10.2. The van der Waals surface area contributed by atoms with Gasteiger partial charge >= 0.3 is 0 Å². The molecular formula is C18H13Cl2N3O3S. The number of hydrogen-bond donors (Lipinski definition) is 2. The molecule has 9 heteroatoms. The van der Waals surface area contributed by atoms with Gasteiger partial charge in [-0.05, 0) is 30.3 Å². The van der Waals surface area contributed by atoms with Crippen molar-refractivity contribution in [1.29, 1.82) is 0 Å².